The number of rotatable bonds is 2. The van der Waals surface area contributed by atoms with E-state index in [1.807, 2.05) is 6.92 Å². The molecular weight excluding hydrogens is 246 g/mol. The number of hydrogen-bond donors (Lipinski definition) is 1. The third-order valence-corrected chi connectivity index (χ3v) is 4.81. The van der Waals surface area contributed by atoms with E-state index in [4.69, 9.17) is 0 Å². The molecule has 1 aliphatic rings. The minimum absolute atomic E-state index is 0.529. The van der Waals surface area contributed by atoms with Crippen molar-refractivity contribution in [2.24, 2.45) is 11.8 Å². The SMILES string of the molecule is Cc1nnc(NC2CCC(C)C(C)C2)c2ccccc12. The minimum atomic E-state index is 0.529. The summed E-state index contributed by atoms with van der Waals surface area (Å²) in [4.78, 5) is 0. The Morgan fingerprint density at radius 3 is 2.50 bits per heavy atom. The lowest BCUT2D eigenvalue weighted by atomic mass is 9.79. The molecule has 1 aliphatic carbocycles. The average Bonchev–Trinajstić information content (AvgIpc) is 2.46. The zero-order chi connectivity index (χ0) is 14.1. The van der Waals surface area contributed by atoms with Crippen molar-refractivity contribution in [2.75, 3.05) is 5.32 Å². The summed E-state index contributed by atoms with van der Waals surface area (Å²) in [6.07, 6.45) is 3.76. The van der Waals surface area contributed by atoms with E-state index in [9.17, 15) is 0 Å². The van der Waals surface area contributed by atoms with Gasteiger partial charge in [0, 0.05) is 16.8 Å². The van der Waals surface area contributed by atoms with Crippen molar-refractivity contribution in [1.29, 1.82) is 0 Å². The number of hydrogen-bond acceptors (Lipinski definition) is 3. The van der Waals surface area contributed by atoms with E-state index >= 15 is 0 Å². The predicted molar refractivity (Wildman–Crippen MR) is 83.9 cm³/mol. The zero-order valence-corrected chi connectivity index (χ0v) is 12.6. The third kappa shape index (κ3) is 2.49. The lowest BCUT2D eigenvalue weighted by molar-refractivity contribution is 0.260. The Balaban J connectivity index is 1.86. The first-order chi connectivity index (χ1) is 9.65. The highest BCUT2D eigenvalue weighted by Crippen LogP contribution is 2.32. The number of nitrogens with one attached hydrogen (secondary N) is 1. The van der Waals surface area contributed by atoms with E-state index in [2.05, 4.69) is 53.6 Å². The van der Waals surface area contributed by atoms with E-state index in [1.165, 1.54) is 30.0 Å². The smallest absolute Gasteiger partial charge is 0.156 e. The fraction of sp³-hybridized carbons (Fsp3) is 0.529. The fourth-order valence-electron chi connectivity index (χ4n) is 3.22. The highest BCUT2D eigenvalue weighted by molar-refractivity contribution is 5.92. The number of aromatic nitrogens is 2. The van der Waals surface area contributed by atoms with E-state index < -0.39 is 0 Å². The molecule has 3 heteroatoms. The van der Waals surface area contributed by atoms with Crippen LogP contribution in [0.25, 0.3) is 10.8 Å². The lowest BCUT2D eigenvalue weighted by Gasteiger charge is -2.32. The van der Waals surface area contributed by atoms with Crippen LogP contribution in [-0.4, -0.2) is 16.2 Å². The molecule has 3 unspecified atom stereocenters. The van der Waals surface area contributed by atoms with Gasteiger partial charge in [-0.2, -0.15) is 5.10 Å². The zero-order valence-electron chi connectivity index (χ0n) is 12.6. The second-order valence-electron chi connectivity index (χ2n) is 6.29. The molecule has 0 spiro atoms. The second kappa shape index (κ2) is 5.39. The molecular formula is C17H23N3. The summed E-state index contributed by atoms with van der Waals surface area (Å²) < 4.78 is 0. The third-order valence-electron chi connectivity index (χ3n) is 4.81. The van der Waals surface area contributed by atoms with Gasteiger partial charge in [0.25, 0.3) is 0 Å². The van der Waals surface area contributed by atoms with Crippen LogP contribution in [0, 0.1) is 18.8 Å². The van der Waals surface area contributed by atoms with Crippen LogP contribution < -0.4 is 5.32 Å². The van der Waals surface area contributed by atoms with Gasteiger partial charge in [-0.05, 0) is 38.0 Å². The number of benzene rings is 1. The maximum absolute atomic E-state index is 4.38. The molecule has 3 nitrogen and oxygen atoms in total. The highest BCUT2D eigenvalue weighted by Gasteiger charge is 2.25. The van der Waals surface area contributed by atoms with E-state index in [-0.39, 0.29) is 0 Å². The Labute approximate surface area is 120 Å². The van der Waals surface area contributed by atoms with Crippen LogP contribution in [0.4, 0.5) is 5.82 Å². The maximum Gasteiger partial charge on any atom is 0.156 e. The van der Waals surface area contributed by atoms with Crippen molar-refractivity contribution in [2.45, 2.75) is 46.1 Å². The van der Waals surface area contributed by atoms with Gasteiger partial charge in [0.05, 0.1) is 5.69 Å². The van der Waals surface area contributed by atoms with Crippen LogP contribution in [-0.2, 0) is 0 Å². The second-order valence-corrected chi connectivity index (χ2v) is 6.29. The minimum Gasteiger partial charge on any atom is -0.365 e. The van der Waals surface area contributed by atoms with Crippen LogP contribution in [0.3, 0.4) is 0 Å². The normalized spacial score (nSPS) is 26.6. The molecule has 0 saturated heterocycles. The molecule has 3 atom stereocenters. The first kappa shape index (κ1) is 13.3. The highest BCUT2D eigenvalue weighted by atomic mass is 15.2. The van der Waals surface area contributed by atoms with E-state index in [0.717, 1.165) is 23.3 Å². The molecule has 2 aromatic rings. The van der Waals surface area contributed by atoms with Gasteiger partial charge in [0.2, 0.25) is 0 Å². The summed E-state index contributed by atoms with van der Waals surface area (Å²) in [7, 11) is 0. The van der Waals surface area contributed by atoms with Crippen LogP contribution in [0.5, 0.6) is 0 Å². The Bertz CT molecular complexity index is 608. The predicted octanol–water partition coefficient (Wildman–Crippen LogP) is 4.17. The summed E-state index contributed by atoms with van der Waals surface area (Å²) in [5.41, 5.74) is 0.997. The first-order valence-electron chi connectivity index (χ1n) is 7.63. The van der Waals surface area contributed by atoms with Gasteiger partial charge >= 0.3 is 0 Å². The quantitative estimate of drug-likeness (QED) is 0.889. The van der Waals surface area contributed by atoms with E-state index in [1.54, 1.807) is 0 Å². The molecule has 0 bridgehead atoms. The van der Waals surface area contributed by atoms with Gasteiger partial charge in [-0.25, -0.2) is 0 Å². The van der Waals surface area contributed by atoms with Crippen molar-refractivity contribution in [3.63, 3.8) is 0 Å². The van der Waals surface area contributed by atoms with Gasteiger partial charge in [0.1, 0.15) is 0 Å². The molecule has 3 rings (SSSR count). The summed E-state index contributed by atoms with van der Waals surface area (Å²) in [5, 5.41) is 14.7. The van der Waals surface area contributed by atoms with Crippen molar-refractivity contribution >= 4 is 16.6 Å². The van der Waals surface area contributed by atoms with Crippen molar-refractivity contribution in [3.05, 3.63) is 30.0 Å². The van der Waals surface area contributed by atoms with E-state index in [0.29, 0.717) is 6.04 Å². The summed E-state index contributed by atoms with van der Waals surface area (Å²) in [5.74, 6) is 2.57. The molecule has 1 aromatic carbocycles. The number of fused-ring (bicyclic) bond motifs is 1. The Morgan fingerprint density at radius 2 is 1.75 bits per heavy atom. The van der Waals surface area contributed by atoms with Crippen molar-refractivity contribution < 1.29 is 0 Å². The van der Waals surface area contributed by atoms with Crippen LogP contribution in [0.1, 0.15) is 38.8 Å². The Hall–Kier alpha value is -1.64. The molecule has 1 aromatic heterocycles. The Morgan fingerprint density at radius 1 is 1.00 bits per heavy atom. The topological polar surface area (TPSA) is 37.8 Å². The molecule has 1 saturated carbocycles. The molecule has 1 N–H and O–H groups in total. The molecule has 20 heavy (non-hydrogen) atoms. The standard InChI is InChI=1S/C17H23N3/c1-11-8-9-14(10-12(11)2)18-17-16-7-5-4-6-15(16)13(3)19-20-17/h4-7,11-12,14H,8-10H2,1-3H3,(H,18,20). The number of aryl methyl sites for hydroxylation is 1. The van der Waals surface area contributed by atoms with Gasteiger partial charge in [-0.3, -0.25) is 0 Å². The maximum atomic E-state index is 4.38. The van der Waals surface area contributed by atoms with Gasteiger partial charge in [-0.1, -0.05) is 38.1 Å². The molecule has 106 valence electrons. The molecule has 1 heterocycles. The number of anilines is 1. The van der Waals surface area contributed by atoms with Gasteiger partial charge < -0.3 is 5.32 Å². The Kier molecular flexibility index (Phi) is 3.60. The van der Waals surface area contributed by atoms with Crippen molar-refractivity contribution in [1.82, 2.24) is 10.2 Å². The van der Waals surface area contributed by atoms with Crippen LogP contribution in [0.15, 0.2) is 24.3 Å². The molecule has 0 amide bonds. The summed E-state index contributed by atoms with van der Waals surface area (Å²) in [6.45, 7) is 6.74. The summed E-state index contributed by atoms with van der Waals surface area (Å²) in [6, 6.07) is 8.91. The average molecular weight is 269 g/mol. The summed E-state index contributed by atoms with van der Waals surface area (Å²) >= 11 is 0. The first-order valence-corrected chi connectivity index (χ1v) is 7.63. The van der Waals surface area contributed by atoms with Gasteiger partial charge in [-0.15, -0.1) is 5.10 Å². The monoisotopic (exact) mass is 269 g/mol. The van der Waals surface area contributed by atoms with Crippen LogP contribution in [0.2, 0.25) is 0 Å². The fourth-order valence-corrected chi connectivity index (χ4v) is 3.22. The van der Waals surface area contributed by atoms with Gasteiger partial charge in [0.15, 0.2) is 5.82 Å². The van der Waals surface area contributed by atoms with Crippen LogP contribution >= 0.6 is 0 Å². The molecule has 0 radical (unpaired) electrons. The largest absolute Gasteiger partial charge is 0.365 e. The number of nitrogens with zero attached hydrogens (tertiary/aromatic N) is 2. The van der Waals surface area contributed by atoms with Crippen molar-refractivity contribution in [3.8, 4) is 0 Å². The molecule has 1 fully saturated rings. The molecule has 0 aliphatic heterocycles. The lowest BCUT2D eigenvalue weighted by Crippen LogP contribution is -2.30.